The van der Waals surface area contributed by atoms with Gasteiger partial charge in [0.2, 0.25) is 0 Å². The molecule has 1 aliphatic heterocycles. The fourth-order valence-corrected chi connectivity index (χ4v) is 2.99. The first-order valence-corrected chi connectivity index (χ1v) is 9.40. The number of nitrogens with zero attached hydrogens (tertiary/aromatic N) is 2. The number of carbonyl (C=O) groups excluding carboxylic acids is 3. The van der Waals surface area contributed by atoms with Crippen LogP contribution in [0.4, 0.5) is 5.69 Å². The van der Waals surface area contributed by atoms with Crippen molar-refractivity contribution in [2.24, 2.45) is 5.92 Å². The van der Waals surface area contributed by atoms with Crippen molar-refractivity contribution in [1.82, 2.24) is 4.90 Å². The first kappa shape index (κ1) is 22.1. The fraction of sp³-hybridized carbons (Fsp3) is 0.450. The molecule has 1 aliphatic rings. The number of hydrogen-bond donors (Lipinski definition) is 0. The Kier molecular flexibility index (Phi) is 7.88. The number of carbonyl (C=O) groups is 3. The molecule has 1 amide bonds. The van der Waals surface area contributed by atoms with Crippen molar-refractivity contribution >= 4 is 29.6 Å². The maximum atomic E-state index is 12.5. The van der Waals surface area contributed by atoms with Crippen LogP contribution >= 0.6 is 0 Å². The van der Waals surface area contributed by atoms with E-state index in [0.717, 1.165) is 6.08 Å². The van der Waals surface area contributed by atoms with Crippen LogP contribution in [-0.4, -0.2) is 53.5 Å². The molecule has 156 valence electrons. The Hall–Kier alpha value is -3.23. The average Bonchev–Trinajstić information content (AvgIpc) is 2.72. The summed E-state index contributed by atoms with van der Waals surface area (Å²) in [7, 11) is 0. The molecule has 1 heterocycles. The summed E-state index contributed by atoms with van der Waals surface area (Å²) in [5.41, 5.74) is 0.545. The molecular weight excluding hydrogens is 380 g/mol. The number of likely N-dealkylation sites (tertiary alicyclic amines) is 1. The smallest absolute Gasteiger partial charge is 0.331 e. The highest BCUT2D eigenvalue weighted by Gasteiger charge is 2.31. The summed E-state index contributed by atoms with van der Waals surface area (Å²) >= 11 is 0. The lowest BCUT2D eigenvalue weighted by atomic mass is 9.97. The third-order valence-corrected chi connectivity index (χ3v) is 4.58. The zero-order chi connectivity index (χ0) is 21.4. The highest BCUT2D eigenvalue weighted by Crippen LogP contribution is 2.20. The minimum absolute atomic E-state index is 0.0457. The van der Waals surface area contributed by atoms with Crippen molar-refractivity contribution < 1.29 is 28.8 Å². The van der Waals surface area contributed by atoms with Gasteiger partial charge in [0.05, 0.1) is 17.4 Å². The Morgan fingerprint density at radius 2 is 1.86 bits per heavy atom. The van der Waals surface area contributed by atoms with Gasteiger partial charge in [-0.25, -0.2) is 4.79 Å². The summed E-state index contributed by atoms with van der Waals surface area (Å²) in [6, 6.07) is 5.67. The van der Waals surface area contributed by atoms with E-state index in [4.69, 9.17) is 9.47 Å². The van der Waals surface area contributed by atoms with Crippen molar-refractivity contribution in [2.75, 3.05) is 19.7 Å². The molecule has 9 heteroatoms. The van der Waals surface area contributed by atoms with Gasteiger partial charge in [-0.1, -0.05) is 0 Å². The summed E-state index contributed by atoms with van der Waals surface area (Å²) in [4.78, 5) is 47.9. The van der Waals surface area contributed by atoms with E-state index >= 15 is 0 Å². The van der Waals surface area contributed by atoms with Gasteiger partial charge in [0.25, 0.3) is 11.6 Å². The molecule has 29 heavy (non-hydrogen) atoms. The molecule has 1 aromatic carbocycles. The molecule has 1 saturated heterocycles. The molecule has 1 fully saturated rings. The molecule has 0 N–H and O–H groups in total. The van der Waals surface area contributed by atoms with E-state index in [2.05, 4.69) is 0 Å². The number of rotatable bonds is 7. The van der Waals surface area contributed by atoms with Crippen LogP contribution in [0.2, 0.25) is 0 Å². The van der Waals surface area contributed by atoms with Crippen LogP contribution in [0.3, 0.4) is 0 Å². The first-order valence-electron chi connectivity index (χ1n) is 9.40. The number of non-ortho nitro benzene ring substituents is 1. The SMILES string of the molecule is CCOC(=O)C1CCN(C(=O)[C@@H](C)OC(=O)/C=C/c2ccc([N+](=O)[O-])cc2)CC1. The van der Waals surface area contributed by atoms with Crippen molar-refractivity contribution in [3.8, 4) is 0 Å². The van der Waals surface area contributed by atoms with Gasteiger partial charge in [0.1, 0.15) is 0 Å². The zero-order valence-electron chi connectivity index (χ0n) is 16.4. The Morgan fingerprint density at radius 1 is 1.24 bits per heavy atom. The number of hydrogen-bond acceptors (Lipinski definition) is 7. The van der Waals surface area contributed by atoms with E-state index in [1.54, 1.807) is 11.8 Å². The number of esters is 2. The Morgan fingerprint density at radius 3 is 2.41 bits per heavy atom. The summed E-state index contributed by atoms with van der Waals surface area (Å²) in [6.45, 7) is 4.39. The van der Waals surface area contributed by atoms with Crippen LogP contribution in [0.1, 0.15) is 32.3 Å². The number of ether oxygens (including phenoxy) is 2. The lowest BCUT2D eigenvalue weighted by Crippen LogP contribution is -2.45. The third-order valence-electron chi connectivity index (χ3n) is 4.58. The average molecular weight is 404 g/mol. The number of nitro benzene ring substituents is 1. The zero-order valence-corrected chi connectivity index (χ0v) is 16.4. The monoisotopic (exact) mass is 404 g/mol. The molecule has 0 aliphatic carbocycles. The highest BCUT2D eigenvalue weighted by molar-refractivity contribution is 5.90. The van der Waals surface area contributed by atoms with Gasteiger partial charge in [0, 0.05) is 31.3 Å². The maximum Gasteiger partial charge on any atom is 0.331 e. The second kappa shape index (κ2) is 10.4. The van der Waals surface area contributed by atoms with Crippen molar-refractivity contribution in [1.29, 1.82) is 0 Å². The minimum Gasteiger partial charge on any atom is -0.466 e. The summed E-state index contributed by atoms with van der Waals surface area (Å²) in [5.74, 6) is -1.45. The normalized spacial score (nSPS) is 15.7. The minimum atomic E-state index is -0.955. The van der Waals surface area contributed by atoms with E-state index in [-0.39, 0.29) is 23.5 Å². The Balaban J connectivity index is 1.82. The molecular formula is C20H24N2O7. The second-order valence-electron chi connectivity index (χ2n) is 6.61. The standard InChI is InChI=1S/C20H24N2O7/c1-3-28-20(25)16-10-12-21(13-11-16)19(24)14(2)29-18(23)9-6-15-4-7-17(8-5-15)22(26)27/h4-9,14,16H,3,10-13H2,1-2H3/b9-6+/t14-/m1/s1. The Bertz CT molecular complexity index is 781. The fourth-order valence-electron chi connectivity index (χ4n) is 2.99. The van der Waals surface area contributed by atoms with Gasteiger partial charge in [-0.05, 0) is 50.5 Å². The largest absolute Gasteiger partial charge is 0.466 e. The molecule has 2 rings (SSSR count). The van der Waals surface area contributed by atoms with Crippen LogP contribution in [-0.2, 0) is 23.9 Å². The van der Waals surface area contributed by atoms with Gasteiger partial charge in [0.15, 0.2) is 6.10 Å². The summed E-state index contributed by atoms with van der Waals surface area (Å²) in [6.07, 6.45) is 2.70. The molecule has 0 radical (unpaired) electrons. The Labute approximate surface area is 168 Å². The predicted molar refractivity (Wildman–Crippen MR) is 104 cm³/mol. The van der Waals surface area contributed by atoms with E-state index < -0.39 is 17.0 Å². The van der Waals surface area contributed by atoms with Gasteiger partial charge in [-0.2, -0.15) is 0 Å². The van der Waals surface area contributed by atoms with Gasteiger partial charge in [-0.3, -0.25) is 19.7 Å². The van der Waals surface area contributed by atoms with E-state index in [1.165, 1.54) is 37.3 Å². The summed E-state index contributed by atoms with van der Waals surface area (Å²) < 4.78 is 10.2. The quantitative estimate of drug-likeness (QED) is 0.296. The molecule has 0 aromatic heterocycles. The van der Waals surface area contributed by atoms with Gasteiger partial charge >= 0.3 is 11.9 Å². The molecule has 0 spiro atoms. The van der Waals surface area contributed by atoms with Crippen LogP contribution in [0.5, 0.6) is 0 Å². The molecule has 0 saturated carbocycles. The predicted octanol–water partition coefficient (Wildman–Crippen LogP) is 2.34. The molecule has 9 nitrogen and oxygen atoms in total. The van der Waals surface area contributed by atoms with Crippen LogP contribution < -0.4 is 0 Å². The van der Waals surface area contributed by atoms with Crippen LogP contribution in [0.25, 0.3) is 6.08 Å². The third kappa shape index (κ3) is 6.41. The highest BCUT2D eigenvalue weighted by atomic mass is 16.6. The number of piperidine rings is 1. The molecule has 1 atom stereocenters. The molecule has 0 bridgehead atoms. The maximum absolute atomic E-state index is 12.5. The van der Waals surface area contributed by atoms with Crippen molar-refractivity contribution in [3.05, 3.63) is 46.0 Å². The van der Waals surface area contributed by atoms with E-state index in [1.807, 2.05) is 0 Å². The van der Waals surface area contributed by atoms with Crippen molar-refractivity contribution in [2.45, 2.75) is 32.8 Å². The molecule has 0 unspecified atom stereocenters. The van der Waals surface area contributed by atoms with Gasteiger partial charge in [-0.15, -0.1) is 0 Å². The van der Waals surface area contributed by atoms with Crippen molar-refractivity contribution in [3.63, 3.8) is 0 Å². The molecule has 1 aromatic rings. The number of amides is 1. The van der Waals surface area contributed by atoms with Gasteiger partial charge < -0.3 is 14.4 Å². The van der Waals surface area contributed by atoms with Crippen LogP contribution in [0.15, 0.2) is 30.3 Å². The lowest BCUT2D eigenvalue weighted by Gasteiger charge is -2.32. The van der Waals surface area contributed by atoms with E-state index in [0.29, 0.717) is 38.1 Å². The van der Waals surface area contributed by atoms with E-state index in [9.17, 15) is 24.5 Å². The van der Waals surface area contributed by atoms with Crippen LogP contribution in [0, 0.1) is 16.0 Å². The number of benzene rings is 1. The summed E-state index contributed by atoms with van der Waals surface area (Å²) in [5, 5.41) is 10.6. The lowest BCUT2D eigenvalue weighted by molar-refractivity contribution is -0.384. The topological polar surface area (TPSA) is 116 Å². The second-order valence-corrected chi connectivity index (χ2v) is 6.61. The first-order chi connectivity index (χ1) is 13.8. The number of nitro groups is 1.